The zero-order chi connectivity index (χ0) is 13.7. The summed E-state index contributed by atoms with van der Waals surface area (Å²) >= 11 is 0. The Labute approximate surface area is 116 Å². The van der Waals surface area contributed by atoms with Crippen molar-refractivity contribution in [1.29, 1.82) is 0 Å². The fraction of sp³-hybridized carbons (Fsp3) is 0.158. The molecule has 0 heteroatoms. The van der Waals surface area contributed by atoms with E-state index in [-0.39, 0.29) is 0 Å². The highest BCUT2D eigenvalue weighted by molar-refractivity contribution is 5.69. The Balaban J connectivity index is 2.56. The van der Waals surface area contributed by atoms with Crippen molar-refractivity contribution >= 4 is 0 Å². The van der Waals surface area contributed by atoms with Crippen molar-refractivity contribution in [3.63, 3.8) is 0 Å². The average molecular weight is 248 g/mol. The lowest BCUT2D eigenvalue weighted by atomic mass is 9.90. The van der Waals surface area contributed by atoms with Crippen LogP contribution in [0, 0.1) is 0 Å². The first-order valence-corrected chi connectivity index (χ1v) is 6.64. The maximum absolute atomic E-state index is 4.06. The van der Waals surface area contributed by atoms with Gasteiger partial charge in [0.2, 0.25) is 0 Å². The minimum atomic E-state index is 0.906. The molecular weight excluding hydrogens is 228 g/mol. The number of allylic oxidation sites excluding steroid dienone is 2. The summed E-state index contributed by atoms with van der Waals surface area (Å²) in [5.41, 5.74) is 6.49. The molecule has 0 radical (unpaired) electrons. The number of hydrogen-bond acceptors (Lipinski definition) is 0. The Morgan fingerprint density at radius 2 is 1.79 bits per heavy atom. The lowest BCUT2D eigenvalue weighted by Crippen LogP contribution is -1.97. The molecule has 96 valence electrons. The maximum atomic E-state index is 4.06. The van der Waals surface area contributed by atoms with Crippen molar-refractivity contribution in [2.45, 2.75) is 19.8 Å². The molecule has 0 aliphatic carbocycles. The van der Waals surface area contributed by atoms with Gasteiger partial charge in [-0.3, -0.25) is 0 Å². The van der Waals surface area contributed by atoms with Crippen molar-refractivity contribution in [1.82, 2.24) is 0 Å². The van der Waals surface area contributed by atoms with Gasteiger partial charge < -0.3 is 0 Å². The Morgan fingerprint density at radius 1 is 1.05 bits per heavy atom. The lowest BCUT2D eigenvalue weighted by Gasteiger charge is -2.14. The van der Waals surface area contributed by atoms with E-state index in [9.17, 15) is 0 Å². The van der Waals surface area contributed by atoms with Crippen LogP contribution >= 0.6 is 0 Å². The van der Waals surface area contributed by atoms with E-state index in [1.54, 1.807) is 0 Å². The first-order valence-electron chi connectivity index (χ1n) is 6.64. The van der Waals surface area contributed by atoms with E-state index in [1.807, 2.05) is 6.08 Å². The summed E-state index contributed by atoms with van der Waals surface area (Å²) in [6, 6.07) is 17.1. The number of rotatable bonds is 5. The van der Waals surface area contributed by atoms with Crippen LogP contribution in [0.15, 0.2) is 73.3 Å². The predicted molar refractivity (Wildman–Crippen MR) is 84.3 cm³/mol. The van der Waals surface area contributed by atoms with Gasteiger partial charge in [0.15, 0.2) is 0 Å². The van der Waals surface area contributed by atoms with E-state index < -0.39 is 0 Å². The summed E-state index contributed by atoms with van der Waals surface area (Å²) in [7, 11) is 0. The second-order valence-electron chi connectivity index (χ2n) is 4.94. The summed E-state index contributed by atoms with van der Waals surface area (Å²) in [4.78, 5) is 0. The molecule has 0 aliphatic heterocycles. The molecule has 0 saturated carbocycles. The van der Waals surface area contributed by atoms with Gasteiger partial charge in [-0.1, -0.05) is 66.8 Å². The molecule has 2 rings (SSSR count). The van der Waals surface area contributed by atoms with Gasteiger partial charge in [-0.15, -0.1) is 6.58 Å². The summed E-state index contributed by atoms with van der Waals surface area (Å²) in [6.07, 6.45) is 3.80. The summed E-state index contributed by atoms with van der Waals surface area (Å²) < 4.78 is 0. The fourth-order valence-corrected chi connectivity index (χ4v) is 2.38. The molecule has 0 bridgehead atoms. The monoisotopic (exact) mass is 248 g/mol. The van der Waals surface area contributed by atoms with Gasteiger partial charge in [0.1, 0.15) is 0 Å². The molecule has 0 unspecified atom stereocenters. The Kier molecular flexibility index (Phi) is 4.35. The normalized spacial score (nSPS) is 10.2. The van der Waals surface area contributed by atoms with Crippen LogP contribution in [0.5, 0.6) is 0 Å². The van der Waals surface area contributed by atoms with Crippen LogP contribution in [0.25, 0.3) is 11.1 Å². The minimum Gasteiger partial charge on any atom is -0.103 e. The molecule has 0 nitrogen and oxygen atoms in total. The molecule has 0 N–H and O–H groups in total. The van der Waals surface area contributed by atoms with E-state index in [4.69, 9.17) is 0 Å². The Hall–Kier alpha value is -2.08. The van der Waals surface area contributed by atoms with Crippen molar-refractivity contribution in [2.75, 3.05) is 0 Å². The van der Waals surface area contributed by atoms with Gasteiger partial charge in [-0.25, -0.2) is 0 Å². The molecule has 0 saturated heterocycles. The summed E-state index contributed by atoms with van der Waals surface area (Å²) in [6.45, 7) is 10.00. The zero-order valence-electron chi connectivity index (χ0n) is 11.5. The van der Waals surface area contributed by atoms with E-state index in [0.717, 1.165) is 12.8 Å². The highest BCUT2D eigenvalue weighted by Gasteiger charge is 2.09. The number of benzene rings is 2. The molecule has 0 amide bonds. The van der Waals surface area contributed by atoms with Gasteiger partial charge in [0.05, 0.1) is 0 Å². The third-order valence-corrected chi connectivity index (χ3v) is 3.20. The van der Waals surface area contributed by atoms with Crippen molar-refractivity contribution < 1.29 is 0 Å². The van der Waals surface area contributed by atoms with Gasteiger partial charge in [-0.2, -0.15) is 0 Å². The third-order valence-electron chi connectivity index (χ3n) is 3.20. The maximum Gasteiger partial charge on any atom is -0.00636 e. The highest BCUT2D eigenvalue weighted by atomic mass is 14.1. The molecule has 0 aliphatic rings. The third kappa shape index (κ3) is 3.23. The van der Waals surface area contributed by atoms with Gasteiger partial charge in [-0.05, 0) is 42.0 Å². The van der Waals surface area contributed by atoms with E-state index in [0.29, 0.717) is 0 Å². The number of hydrogen-bond donors (Lipinski definition) is 0. The quantitative estimate of drug-likeness (QED) is 0.638. The molecule has 0 aromatic heterocycles. The Bertz CT molecular complexity index is 576. The van der Waals surface area contributed by atoms with Crippen LogP contribution in [0.4, 0.5) is 0 Å². The van der Waals surface area contributed by atoms with Gasteiger partial charge in [0.25, 0.3) is 0 Å². The average Bonchev–Trinajstić information content (AvgIpc) is 2.41. The largest absolute Gasteiger partial charge is 0.103 e. The van der Waals surface area contributed by atoms with E-state index in [2.05, 4.69) is 68.6 Å². The van der Waals surface area contributed by atoms with Gasteiger partial charge >= 0.3 is 0 Å². The van der Waals surface area contributed by atoms with E-state index in [1.165, 1.54) is 27.8 Å². The molecule has 0 heterocycles. The van der Waals surface area contributed by atoms with Crippen molar-refractivity contribution in [3.8, 4) is 11.1 Å². The van der Waals surface area contributed by atoms with Crippen molar-refractivity contribution in [2.24, 2.45) is 0 Å². The summed E-state index contributed by atoms with van der Waals surface area (Å²) in [5.74, 6) is 0. The molecule has 0 atom stereocenters. The molecule has 0 spiro atoms. The topological polar surface area (TPSA) is 0 Å². The Morgan fingerprint density at radius 3 is 2.42 bits per heavy atom. The minimum absolute atomic E-state index is 0.906. The smallest absolute Gasteiger partial charge is 0.00636 e. The van der Waals surface area contributed by atoms with Crippen LogP contribution in [0.3, 0.4) is 0 Å². The molecular formula is C19H20. The fourth-order valence-electron chi connectivity index (χ4n) is 2.38. The van der Waals surface area contributed by atoms with Crippen LogP contribution in [-0.4, -0.2) is 0 Å². The lowest BCUT2D eigenvalue weighted by molar-refractivity contribution is 1.10. The van der Waals surface area contributed by atoms with Crippen molar-refractivity contribution in [3.05, 3.63) is 84.5 Å². The van der Waals surface area contributed by atoms with Gasteiger partial charge in [0, 0.05) is 0 Å². The second kappa shape index (κ2) is 6.19. The molecule has 0 fully saturated rings. The van der Waals surface area contributed by atoms with Crippen LogP contribution in [0.1, 0.15) is 18.1 Å². The highest BCUT2D eigenvalue weighted by Crippen LogP contribution is 2.28. The predicted octanol–water partition coefficient (Wildman–Crippen LogP) is 5.20. The molecule has 19 heavy (non-hydrogen) atoms. The standard InChI is InChI=1S/C19H20/c1-4-9-16-12-8-13-18(19(16)14-15(2)3)17-10-6-5-7-11-17/h4-8,10-13H,1-2,9,14H2,3H3. The second-order valence-corrected chi connectivity index (χ2v) is 4.94. The van der Waals surface area contributed by atoms with Crippen LogP contribution in [-0.2, 0) is 12.8 Å². The zero-order valence-corrected chi connectivity index (χ0v) is 11.5. The SMILES string of the molecule is C=CCc1cccc(-c2ccccc2)c1CC(=C)C. The first kappa shape index (κ1) is 13.4. The molecule has 2 aromatic carbocycles. The van der Waals surface area contributed by atoms with E-state index >= 15 is 0 Å². The molecule has 2 aromatic rings. The van der Waals surface area contributed by atoms with Crippen LogP contribution < -0.4 is 0 Å². The van der Waals surface area contributed by atoms with Crippen LogP contribution in [0.2, 0.25) is 0 Å². The summed E-state index contributed by atoms with van der Waals surface area (Å²) in [5, 5.41) is 0. The first-order chi connectivity index (χ1) is 9.22.